The minimum Gasteiger partial charge on any atom is -0.443 e. The average Bonchev–Trinajstić information content (AvgIpc) is 2.93. The molecule has 0 aliphatic rings. The maximum atomic E-state index is 5.67. The molecule has 2 aromatic heterocycles. The molecule has 18 heavy (non-hydrogen) atoms. The monoisotopic (exact) mass is 242 g/mol. The van der Waals surface area contributed by atoms with Crippen LogP contribution in [0.3, 0.4) is 0 Å². The Morgan fingerprint density at radius 1 is 1.39 bits per heavy atom. The first-order valence-electron chi connectivity index (χ1n) is 5.76. The van der Waals surface area contributed by atoms with Gasteiger partial charge in [-0.3, -0.25) is 0 Å². The number of hydrogen-bond acceptors (Lipinski definition) is 4. The smallest absolute Gasteiger partial charge is 0.181 e. The molecule has 3 aromatic rings. The first-order chi connectivity index (χ1) is 8.70. The van der Waals surface area contributed by atoms with E-state index in [1.165, 1.54) is 6.39 Å². The minimum absolute atomic E-state index is 0.432. The normalized spacial score (nSPS) is 11.3. The van der Waals surface area contributed by atoms with Crippen molar-refractivity contribution in [2.75, 3.05) is 0 Å². The Bertz CT molecular complexity index is 711. The molecule has 5 heteroatoms. The van der Waals surface area contributed by atoms with Crippen LogP contribution in [0.2, 0.25) is 0 Å². The summed E-state index contributed by atoms with van der Waals surface area (Å²) in [6, 6.07) is 5.95. The van der Waals surface area contributed by atoms with E-state index < -0.39 is 0 Å². The zero-order chi connectivity index (χ0) is 12.7. The summed E-state index contributed by atoms with van der Waals surface area (Å²) < 4.78 is 7.35. The van der Waals surface area contributed by atoms with Gasteiger partial charge in [-0.1, -0.05) is 6.07 Å². The SMILES string of the molecule is Cc1nc(CN)n(C)c1-c1ccc2ncoc2c1. The molecule has 1 aromatic carbocycles. The molecule has 0 unspecified atom stereocenters. The van der Waals surface area contributed by atoms with Crippen LogP contribution in [0.25, 0.3) is 22.4 Å². The van der Waals surface area contributed by atoms with Gasteiger partial charge in [-0.15, -0.1) is 0 Å². The molecule has 0 amide bonds. The van der Waals surface area contributed by atoms with Gasteiger partial charge in [0.15, 0.2) is 12.0 Å². The molecule has 0 bridgehead atoms. The van der Waals surface area contributed by atoms with E-state index in [2.05, 4.69) is 9.97 Å². The van der Waals surface area contributed by atoms with E-state index in [1.807, 2.05) is 36.7 Å². The second-order valence-electron chi connectivity index (χ2n) is 4.26. The highest BCUT2D eigenvalue weighted by Crippen LogP contribution is 2.27. The van der Waals surface area contributed by atoms with E-state index in [1.54, 1.807) is 0 Å². The number of oxazole rings is 1. The molecule has 0 fully saturated rings. The van der Waals surface area contributed by atoms with Crippen LogP contribution in [0.5, 0.6) is 0 Å². The second-order valence-corrected chi connectivity index (χ2v) is 4.26. The van der Waals surface area contributed by atoms with Crippen molar-refractivity contribution in [1.82, 2.24) is 14.5 Å². The Balaban J connectivity index is 2.21. The summed E-state index contributed by atoms with van der Waals surface area (Å²) in [4.78, 5) is 8.58. The zero-order valence-corrected chi connectivity index (χ0v) is 10.3. The van der Waals surface area contributed by atoms with Crippen LogP contribution in [-0.4, -0.2) is 14.5 Å². The van der Waals surface area contributed by atoms with E-state index >= 15 is 0 Å². The van der Waals surface area contributed by atoms with Crippen LogP contribution < -0.4 is 5.73 Å². The fourth-order valence-corrected chi connectivity index (χ4v) is 2.28. The lowest BCUT2D eigenvalue weighted by atomic mass is 10.1. The van der Waals surface area contributed by atoms with Crippen molar-refractivity contribution in [2.24, 2.45) is 12.8 Å². The standard InChI is InChI=1S/C13H14N4O/c1-8-13(17(2)12(6-14)16-8)9-3-4-10-11(5-9)18-7-15-10/h3-5,7H,6,14H2,1-2H3. The minimum atomic E-state index is 0.432. The highest BCUT2D eigenvalue weighted by atomic mass is 16.3. The summed E-state index contributed by atoms with van der Waals surface area (Å²) in [6.07, 6.45) is 1.45. The fourth-order valence-electron chi connectivity index (χ4n) is 2.28. The van der Waals surface area contributed by atoms with E-state index in [9.17, 15) is 0 Å². The summed E-state index contributed by atoms with van der Waals surface area (Å²) in [7, 11) is 1.97. The zero-order valence-electron chi connectivity index (χ0n) is 10.3. The van der Waals surface area contributed by atoms with Crippen LogP contribution >= 0.6 is 0 Å². The quantitative estimate of drug-likeness (QED) is 0.746. The first-order valence-corrected chi connectivity index (χ1v) is 5.76. The van der Waals surface area contributed by atoms with Crippen molar-refractivity contribution < 1.29 is 4.42 Å². The first kappa shape index (κ1) is 11.0. The van der Waals surface area contributed by atoms with Crippen LogP contribution in [-0.2, 0) is 13.6 Å². The number of aryl methyl sites for hydroxylation is 1. The Labute approximate surface area is 104 Å². The molecule has 0 aliphatic heterocycles. The van der Waals surface area contributed by atoms with Gasteiger partial charge in [-0.25, -0.2) is 9.97 Å². The number of aromatic nitrogens is 3. The van der Waals surface area contributed by atoms with Gasteiger partial charge >= 0.3 is 0 Å². The van der Waals surface area contributed by atoms with Crippen molar-refractivity contribution in [2.45, 2.75) is 13.5 Å². The summed E-state index contributed by atoms with van der Waals surface area (Å²) in [5.74, 6) is 0.875. The van der Waals surface area contributed by atoms with Crippen LogP contribution in [0.15, 0.2) is 29.0 Å². The summed E-state index contributed by atoms with van der Waals surface area (Å²) in [5.41, 5.74) is 10.4. The van der Waals surface area contributed by atoms with E-state index in [4.69, 9.17) is 10.2 Å². The van der Waals surface area contributed by atoms with Crippen LogP contribution in [0.4, 0.5) is 0 Å². The van der Waals surface area contributed by atoms with Crippen molar-refractivity contribution in [3.63, 3.8) is 0 Å². The number of rotatable bonds is 2. The lowest BCUT2D eigenvalue weighted by Gasteiger charge is -2.05. The maximum Gasteiger partial charge on any atom is 0.181 e. The number of fused-ring (bicyclic) bond motifs is 1. The molecule has 2 N–H and O–H groups in total. The van der Waals surface area contributed by atoms with Gasteiger partial charge in [0.1, 0.15) is 11.3 Å². The van der Waals surface area contributed by atoms with E-state index in [-0.39, 0.29) is 0 Å². The third-order valence-corrected chi connectivity index (χ3v) is 3.15. The van der Waals surface area contributed by atoms with Gasteiger partial charge in [0.25, 0.3) is 0 Å². The third-order valence-electron chi connectivity index (χ3n) is 3.15. The number of nitrogens with zero attached hydrogens (tertiary/aromatic N) is 3. The highest BCUT2D eigenvalue weighted by molar-refractivity contribution is 5.79. The van der Waals surface area contributed by atoms with Crippen molar-refractivity contribution in [1.29, 1.82) is 0 Å². The average molecular weight is 242 g/mol. The van der Waals surface area contributed by atoms with Gasteiger partial charge in [-0.2, -0.15) is 0 Å². The Kier molecular flexibility index (Phi) is 2.41. The molecule has 5 nitrogen and oxygen atoms in total. The van der Waals surface area contributed by atoms with E-state index in [0.717, 1.165) is 33.9 Å². The largest absolute Gasteiger partial charge is 0.443 e. The Morgan fingerprint density at radius 2 is 2.22 bits per heavy atom. The predicted molar refractivity (Wildman–Crippen MR) is 68.8 cm³/mol. The lowest BCUT2D eigenvalue weighted by Crippen LogP contribution is -2.05. The van der Waals surface area contributed by atoms with Crippen molar-refractivity contribution in [3.05, 3.63) is 36.1 Å². The molecular weight excluding hydrogens is 228 g/mol. The molecular formula is C13H14N4O. The van der Waals surface area contributed by atoms with Crippen molar-refractivity contribution >= 4 is 11.1 Å². The fraction of sp³-hybridized carbons (Fsp3) is 0.231. The molecule has 3 rings (SSSR count). The predicted octanol–water partition coefficient (Wildman–Crippen LogP) is 2.00. The highest BCUT2D eigenvalue weighted by Gasteiger charge is 2.13. The summed E-state index contributed by atoms with van der Waals surface area (Å²) in [5, 5.41) is 0. The molecule has 0 aliphatic carbocycles. The Hall–Kier alpha value is -2.14. The number of benzene rings is 1. The van der Waals surface area contributed by atoms with Gasteiger partial charge < -0.3 is 14.7 Å². The third kappa shape index (κ3) is 1.52. The molecule has 0 atom stereocenters. The second kappa shape index (κ2) is 3.96. The molecule has 0 spiro atoms. The van der Waals surface area contributed by atoms with Crippen LogP contribution in [0, 0.1) is 6.92 Å². The number of hydrogen-bond donors (Lipinski definition) is 1. The Morgan fingerprint density at radius 3 is 2.94 bits per heavy atom. The molecule has 0 saturated carbocycles. The number of imidazole rings is 1. The lowest BCUT2D eigenvalue weighted by molar-refractivity contribution is 0.602. The van der Waals surface area contributed by atoms with E-state index in [0.29, 0.717) is 6.54 Å². The van der Waals surface area contributed by atoms with Gasteiger partial charge in [-0.05, 0) is 19.1 Å². The topological polar surface area (TPSA) is 69.9 Å². The van der Waals surface area contributed by atoms with Gasteiger partial charge in [0.2, 0.25) is 0 Å². The maximum absolute atomic E-state index is 5.67. The van der Waals surface area contributed by atoms with Crippen LogP contribution in [0.1, 0.15) is 11.5 Å². The molecule has 0 saturated heterocycles. The van der Waals surface area contributed by atoms with Crippen molar-refractivity contribution in [3.8, 4) is 11.3 Å². The number of nitrogens with two attached hydrogens (primary N) is 1. The van der Waals surface area contributed by atoms with Gasteiger partial charge in [0.05, 0.1) is 17.9 Å². The summed E-state index contributed by atoms with van der Waals surface area (Å²) >= 11 is 0. The molecule has 92 valence electrons. The molecule has 2 heterocycles. The molecule has 0 radical (unpaired) electrons. The van der Waals surface area contributed by atoms with Gasteiger partial charge in [0, 0.05) is 12.6 Å². The summed E-state index contributed by atoms with van der Waals surface area (Å²) in [6.45, 7) is 2.42.